The molecule has 0 saturated heterocycles. The standard InChI is InChI=1S/C15H11N5S/c1-2-5-16-11(3-1)13-9-21-15(19-13)20-14-7-10-4-6-17-12(10)8-18-14/h1-9,17H,(H,18,19,20). The molecule has 21 heavy (non-hydrogen) atoms. The van der Waals surface area contributed by atoms with Gasteiger partial charge in [-0.1, -0.05) is 6.07 Å². The van der Waals surface area contributed by atoms with Gasteiger partial charge in [0.25, 0.3) is 0 Å². The Labute approximate surface area is 124 Å². The number of aromatic amines is 1. The van der Waals surface area contributed by atoms with Crippen LogP contribution in [0.25, 0.3) is 22.3 Å². The number of nitrogens with zero attached hydrogens (tertiary/aromatic N) is 3. The summed E-state index contributed by atoms with van der Waals surface area (Å²) in [5.41, 5.74) is 2.76. The summed E-state index contributed by atoms with van der Waals surface area (Å²) in [7, 11) is 0. The van der Waals surface area contributed by atoms with Gasteiger partial charge in [0.05, 0.1) is 17.4 Å². The first-order valence-corrected chi connectivity index (χ1v) is 7.33. The summed E-state index contributed by atoms with van der Waals surface area (Å²) < 4.78 is 0. The van der Waals surface area contributed by atoms with Crippen molar-refractivity contribution in [1.29, 1.82) is 0 Å². The molecule has 2 N–H and O–H groups in total. The highest BCUT2D eigenvalue weighted by atomic mass is 32.1. The second-order valence-electron chi connectivity index (χ2n) is 4.51. The molecule has 0 spiro atoms. The van der Waals surface area contributed by atoms with Crippen LogP contribution in [0.4, 0.5) is 10.9 Å². The van der Waals surface area contributed by atoms with E-state index < -0.39 is 0 Å². The zero-order valence-corrected chi connectivity index (χ0v) is 11.8. The minimum atomic E-state index is 0.782. The van der Waals surface area contributed by atoms with Crippen molar-refractivity contribution in [1.82, 2.24) is 19.9 Å². The largest absolute Gasteiger partial charge is 0.360 e. The number of anilines is 2. The summed E-state index contributed by atoms with van der Waals surface area (Å²) in [4.78, 5) is 16.3. The smallest absolute Gasteiger partial charge is 0.188 e. The fourth-order valence-electron chi connectivity index (χ4n) is 2.09. The molecule has 0 unspecified atom stereocenters. The fraction of sp³-hybridized carbons (Fsp3) is 0. The Bertz CT molecular complexity index is 881. The summed E-state index contributed by atoms with van der Waals surface area (Å²) in [5, 5.41) is 7.14. The normalized spacial score (nSPS) is 10.9. The van der Waals surface area contributed by atoms with Crippen molar-refractivity contribution >= 4 is 33.2 Å². The molecule has 0 fully saturated rings. The lowest BCUT2D eigenvalue weighted by atomic mass is 10.3. The van der Waals surface area contributed by atoms with Gasteiger partial charge >= 0.3 is 0 Å². The lowest BCUT2D eigenvalue weighted by Gasteiger charge is -2.01. The van der Waals surface area contributed by atoms with Gasteiger partial charge in [-0.2, -0.15) is 0 Å². The van der Waals surface area contributed by atoms with Crippen molar-refractivity contribution < 1.29 is 0 Å². The molecular formula is C15H11N5S. The number of hydrogen-bond acceptors (Lipinski definition) is 5. The maximum atomic E-state index is 4.54. The average Bonchev–Trinajstić information content (AvgIpc) is 3.17. The van der Waals surface area contributed by atoms with Crippen molar-refractivity contribution in [3.05, 3.63) is 54.3 Å². The minimum Gasteiger partial charge on any atom is -0.360 e. The van der Waals surface area contributed by atoms with Crippen molar-refractivity contribution in [2.75, 3.05) is 5.32 Å². The van der Waals surface area contributed by atoms with Crippen LogP contribution in [-0.4, -0.2) is 19.9 Å². The summed E-state index contributed by atoms with van der Waals surface area (Å²) in [5.74, 6) is 0.782. The highest BCUT2D eigenvalue weighted by Gasteiger charge is 2.06. The molecule has 0 bridgehead atoms. The highest BCUT2D eigenvalue weighted by molar-refractivity contribution is 7.14. The second-order valence-corrected chi connectivity index (χ2v) is 5.37. The molecular weight excluding hydrogens is 282 g/mol. The molecule has 0 radical (unpaired) electrons. The number of thiazole rings is 1. The van der Waals surface area contributed by atoms with Crippen LogP contribution < -0.4 is 5.32 Å². The SMILES string of the molecule is c1ccc(-c2csc(Nc3cc4cc[nH]c4cn3)n2)nc1. The van der Waals surface area contributed by atoms with Crippen molar-refractivity contribution in [2.24, 2.45) is 0 Å². The predicted molar refractivity (Wildman–Crippen MR) is 84.7 cm³/mol. The molecule has 0 aliphatic heterocycles. The quantitative estimate of drug-likeness (QED) is 0.602. The minimum absolute atomic E-state index is 0.782. The number of nitrogens with one attached hydrogen (secondary N) is 2. The van der Waals surface area contributed by atoms with E-state index in [1.807, 2.05) is 48.1 Å². The van der Waals surface area contributed by atoms with Crippen LogP contribution in [0.2, 0.25) is 0 Å². The van der Waals surface area contributed by atoms with E-state index in [2.05, 4.69) is 25.3 Å². The molecule has 4 aromatic rings. The van der Waals surface area contributed by atoms with Crippen LogP contribution in [-0.2, 0) is 0 Å². The first-order chi connectivity index (χ1) is 10.4. The molecule has 102 valence electrons. The molecule has 0 aromatic carbocycles. The number of H-pyrrole nitrogens is 1. The molecule has 5 nitrogen and oxygen atoms in total. The first kappa shape index (κ1) is 12.0. The lowest BCUT2D eigenvalue weighted by molar-refractivity contribution is 1.26. The van der Waals surface area contributed by atoms with E-state index in [0.29, 0.717) is 0 Å². The Morgan fingerprint density at radius 2 is 2.10 bits per heavy atom. The average molecular weight is 293 g/mol. The zero-order chi connectivity index (χ0) is 14.1. The fourth-order valence-corrected chi connectivity index (χ4v) is 2.80. The predicted octanol–water partition coefficient (Wildman–Crippen LogP) is 3.83. The molecule has 0 saturated carbocycles. The number of hydrogen-bond donors (Lipinski definition) is 2. The van der Waals surface area contributed by atoms with Gasteiger partial charge in [0, 0.05) is 23.2 Å². The van der Waals surface area contributed by atoms with Crippen LogP contribution in [0.3, 0.4) is 0 Å². The maximum absolute atomic E-state index is 4.54. The Kier molecular flexibility index (Phi) is 2.86. The summed E-state index contributed by atoms with van der Waals surface area (Å²) in [6, 6.07) is 9.81. The van der Waals surface area contributed by atoms with E-state index in [0.717, 1.165) is 33.2 Å². The molecule has 0 aliphatic carbocycles. The molecule has 0 atom stereocenters. The summed E-state index contributed by atoms with van der Waals surface area (Å²) in [6.45, 7) is 0. The summed E-state index contributed by atoms with van der Waals surface area (Å²) >= 11 is 1.54. The van der Waals surface area contributed by atoms with Crippen molar-refractivity contribution in [3.63, 3.8) is 0 Å². The Morgan fingerprint density at radius 3 is 3.00 bits per heavy atom. The molecule has 4 aromatic heterocycles. The third kappa shape index (κ3) is 2.36. The molecule has 4 heterocycles. The highest BCUT2D eigenvalue weighted by Crippen LogP contribution is 2.26. The number of rotatable bonds is 3. The lowest BCUT2D eigenvalue weighted by Crippen LogP contribution is -1.92. The number of aromatic nitrogens is 4. The van der Waals surface area contributed by atoms with Crippen molar-refractivity contribution in [2.45, 2.75) is 0 Å². The topological polar surface area (TPSA) is 66.5 Å². The Hall–Kier alpha value is -2.73. The first-order valence-electron chi connectivity index (χ1n) is 6.45. The van der Waals surface area contributed by atoms with Gasteiger partial charge in [-0.3, -0.25) is 4.98 Å². The molecule has 6 heteroatoms. The van der Waals surface area contributed by atoms with Crippen LogP contribution in [0.5, 0.6) is 0 Å². The Morgan fingerprint density at radius 1 is 1.10 bits per heavy atom. The van der Waals surface area contributed by atoms with Crippen LogP contribution in [0.15, 0.2) is 54.3 Å². The third-order valence-electron chi connectivity index (χ3n) is 3.10. The van der Waals surface area contributed by atoms with Gasteiger partial charge in [0.2, 0.25) is 0 Å². The van der Waals surface area contributed by atoms with E-state index in [1.165, 1.54) is 11.3 Å². The van der Waals surface area contributed by atoms with E-state index in [-0.39, 0.29) is 0 Å². The summed E-state index contributed by atoms with van der Waals surface area (Å²) in [6.07, 6.45) is 5.48. The van der Waals surface area contributed by atoms with E-state index >= 15 is 0 Å². The van der Waals surface area contributed by atoms with E-state index in [9.17, 15) is 0 Å². The third-order valence-corrected chi connectivity index (χ3v) is 3.86. The van der Waals surface area contributed by atoms with Crippen LogP contribution in [0, 0.1) is 0 Å². The van der Waals surface area contributed by atoms with Crippen molar-refractivity contribution in [3.8, 4) is 11.4 Å². The van der Waals surface area contributed by atoms with Gasteiger partial charge in [-0.05, 0) is 24.3 Å². The van der Waals surface area contributed by atoms with Gasteiger partial charge in [-0.25, -0.2) is 9.97 Å². The molecule has 0 aliphatic rings. The number of pyridine rings is 2. The number of fused-ring (bicyclic) bond motifs is 1. The van der Waals surface area contributed by atoms with Crippen LogP contribution >= 0.6 is 11.3 Å². The van der Waals surface area contributed by atoms with Gasteiger partial charge in [0.1, 0.15) is 11.5 Å². The van der Waals surface area contributed by atoms with Gasteiger partial charge in [-0.15, -0.1) is 11.3 Å². The molecule has 4 rings (SSSR count). The van der Waals surface area contributed by atoms with Gasteiger partial charge in [0.15, 0.2) is 5.13 Å². The van der Waals surface area contributed by atoms with Crippen LogP contribution in [0.1, 0.15) is 0 Å². The monoisotopic (exact) mass is 293 g/mol. The zero-order valence-electron chi connectivity index (χ0n) is 10.9. The van der Waals surface area contributed by atoms with Gasteiger partial charge < -0.3 is 10.3 Å². The second kappa shape index (κ2) is 4.99. The maximum Gasteiger partial charge on any atom is 0.188 e. The Balaban J connectivity index is 1.61. The molecule has 0 amide bonds. The van der Waals surface area contributed by atoms with E-state index in [1.54, 1.807) is 6.20 Å². The van der Waals surface area contributed by atoms with E-state index in [4.69, 9.17) is 0 Å².